The van der Waals surface area contributed by atoms with Crippen LogP contribution in [0.3, 0.4) is 0 Å². The molecule has 0 saturated heterocycles. The van der Waals surface area contributed by atoms with E-state index in [1.165, 1.54) is 22.0 Å². The molecule has 1 aromatic rings. The molecule has 0 radical (unpaired) electrons. The van der Waals surface area contributed by atoms with Crippen LogP contribution in [0.15, 0.2) is 24.3 Å². The lowest BCUT2D eigenvalue weighted by Crippen LogP contribution is -2.19. The number of nitrogens with two attached hydrogens (primary N) is 1. The minimum absolute atomic E-state index is 0.185. The predicted octanol–water partition coefficient (Wildman–Crippen LogP) is 3.73. The SMILES string of the molecule is CCCC(C)C(N)c1cccc(I)c1. The van der Waals surface area contributed by atoms with E-state index in [0.717, 1.165) is 0 Å². The molecule has 0 saturated carbocycles. The maximum absolute atomic E-state index is 6.19. The van der Waals surface area contributed by atoms with Gasteiger partial charge in [0.2, 0.25) is 0 Å². The Morgan fingerprint density at radius 3 is 2.71 bits per heavy atom. The maximum Gasteiger partial charge on any atom is 0.0321 e. The molecule has 2 N–H and O–H groups in total. The Kier molecular flexibility index (Phi) is 4.89. The zero-order valence-corrected chi connectivity index (χ0v) is 11.0. The van der Waals surface area contributed by atoms with Gasteiger partial charge in [0.15, 0.2) is 0 Å². The van der Waals surface area contributed by atoms with E-state index in [4.69, 9.17) is 5.73 Å². The summed E-state index contributed by atoms with van der Waals surface area (Å²) < 4.78 is 1.26. The van der Waals surface area contributed by atoms with Gasteiger partial charge in [-0.3, -0.25) is 0 Å². The summed E-state index contributed by atoms with van der Waals surface area (Å²) in [7, 11) is 0. The predicted molar refractivity (Wildman–Crippen MR) is 70.2 cm³/mol. The van der Waals surface area contributed by atoms with Crippen LogP contribution in [0.2, 0.25) is 0 Å². The van der Waals surface area contributed by atoms with Crippen molar-refractivity contribution in [3.05, 3.63) is 33.4 Å². The van der Waals surface area contributed by atoms with Gasteiger partial charge in [-0.05, 0) is 52.6 Å². The van der Waals surface area contributed by atoms with Crippen molar-refractivity contribution in [1.82, 2.24) is 0 Å². The topological polar surface area (TPSA) is 26.0 Å². The van der Waals surface area contributed by atoms with Crippen molar-refractivity contribution in [3.8, 4) is 0 Å². The Bertz CT molecular complexity index is 285. The van der Waals surface area contributed by atoms with Crippen molar-refractivity contribution in [2.75, 3.05) is 0 Å². The molecule has 0 aliphatic rings. The maximum atomic E-state index is 6.19. The van der Waals surface area contributed by atoms with Crippen molar-refractivity contribution >= 4 is 22.6 Å². The molecule has 1 aromatic carbocycles. The Labute approximate surface area is 100 Å². The molecule has 14 heavy (non-hydrogen) atoms. The third-order valence-electron chi connectivity index (χ3n) is 2.59. The van der Waals surface area contributed by atoms with Gasteiger partial charge >= 0.3 is 0 Å². The lowest BCUT2D eigenvalue weighted by Gasteiger charge is -2.19. The second-order valence-electron chi connectivity index (χ2n) is 3.85. The highest BCUT2D eigenvalue weighted by molar-refractivity contribution is 14.1. The molecule has 0 aromatic heterocycles. The molecular weight excluding hydrogens is 285 g/mol. The fraction of sp³-hybridized carbons (Fsp3) is 0.500. The average Bonchev–Trinajstić information content (AvgIpc) is 2.17. The molecule has 0 amide bonds. The average molecular weight is 303 g/mol. The first-order valence-corrected chi connectivity index (χ1v) is 6.24. The normalized spacial score (nSPS) is 15.1. The van der Waals surface area contributed by atoms with Gasteiger partial charge in [-0.25, -0.2) is 0 Å². The molecule has 0 bridgehead atoms. The molecule has 2 heteroatoms. The van der Waals surface area contributed by atoms with Gasteiger partial charge in [-0.15, -0.1) is 0 Å². The van der Waals surface area contributed by atoms with Crippen LogP contribution in [-0.2, 0) is 0 Å². The molecule has 0 fully saturated rings. The van der Waals surface area contributed by atoms with Gasteiger partial charge in [0.05, 0.1) is 0 Å². The second kappa shape index (κ2) is 5.71. The van der Waals surface area contributed by atoms with E-state index < -0.39 is 0 Å². The summed E-state index contributed by atoms with van der Waals surface area (Å²) in [5, 5.41) is 0. The molecule has 0 heterocycles. The van der Waals surface area contributed by atoms with Gasteiger partial charge in [0, 0.05) is 9.61 Å². The Morgan fingerprint density at radius 1 is 1.43 bits per heavy atom. The van der Waals surface area contributed by atoms with Crippen LogP contribution in [0.25, 0.3) is 0 Å². The smallest absolute Gasteiger partial charge is 0.0321 e. The summed E-state index contributed by atoms with van der Waals surface area (Å²) in [5.41, 5.74) is 7.45. The third-order valence-corrected chi connectivity index (χ3v) is 3.26. The number of hydrogen-bond donors (Lipinski definition) is 1. The van der Waals surface area contributed by atoms with Crippen LogP contribution in [0.4, 0.5) is 0 Å². The van der Waals surface area contributed by atoms with Crippen molar-refractivity contribution in [2.24, 2.45) is 11.7 Å². The van der Waals surface area contributed by atoms with Crippen LogP contribution >= 0.6 is 22.6 Å². The third kappa shape index (κ3) is 3.24. The standard InChI is InChI=1S/C12H18IN/c1-3-5-9(2)12(14)10-6-4-7-11(13)8-10/h4,6-9,12H,3,5,14H2,1-2H3. The van der Waals surface area contributed by atoms with Crippen LogP contribution in [0.5, 0.6) is 0 Å². The summed E-state index contributed by atoms with van der Waals surface area (Å²) in [5.74, 6) is 0.568. The number of hydrogen-bond acceptors (Lipinski definition) is 1. The fourth-order valence-corrected chi connectivity index (χ4v) is 2.24. The van der Waals surface area contributed by atoms with E-state index >= 15 is 0 Å². The summed E-state index contributed by atoms with van der Waals surface area (Å²) in [6.45, 7) is 4.44. The molecular formula is C12H18IN. The molecule has 0 aliphatic carbocycles. The van der Waals surface area contributed by atoms with E-state index in [2.05, 4.69) is 60.7 Å². The quantitative estimate of drug-likeness (QED) is 0.843. The number of benzene rings is 1. The zero-order chi connectivity index (χ0) is 10.6. The first kappa shape index (κ1) is 12.0. The van der Waals surface area contributed by atoms with Crippen LogP contribution < -0.4 is 5.73 Å². The largest absolute Gasteiger partial charge is 0.324 e. The molecule has 0 aliphatic heterocycles. The second-order valence-corrected chi connectivity index (χ2v) is 5.09. The minimum Gasteiger partial charge on any atom is -0.324 e. The van der Waals surface area contributed by atoms with E-state index in [-0.39, 0.29) is 6.04 Å². The molecule has 2 unspecified atom stereocenters. The van der Waals surface area contributed by atoms with Gasteiger partial charge in [-0.2, -0.15) is 0 Å². The highest BCUT2D eigenvalue weighted by atomic mass is 127. The van der Waals surface area contributed by atoms with Gasteiger partial charge in [0.1, 0.15) is 0 Å². The number of halogens is 1. The molecule has 1 rings (SSSR count). The van der Waals surface area contributed by atoms with E-state index in [1.54, 1.807) is 0 Å². The lowest BCUT2D eigenvalue weighted by molar-refractivity contribution is 0.433. The first-order chi connectivity index (χ1) is 6.65. The van der Waals surface area contributed by atoms with Crippen LogP contribution in [0, 0.1) is 9.49 Å². The Balaban J connectivity index is 2.73. The summed E-state index contributed by atoms with van der Waals surface area (Å²) >= 11 is 2.33. The molecule has 0 spiro atoms. The van der Waals surface area contributed by atoms with E-state index in [0.29, 0.717) is 5.92 Å². The Hall–Kier alpha value is -0.0900. The van der Waals surface area contributed by atoms with Gasteiger partial charge in [-0.1, -0.05) is 32.4 Å². The van der Waals surface area contributed by atoms with Gasteiger partial charge < -0.3 is 5.73 Å². The van der Waals surface area contributed by atoms with E-state index in [1.807, 2.05) is 0 Å². The Morgan fingerprint density at radius 2 is 2.14 bits per heavy atom. The highest BCUT2D eigenvalue weighted by Crippen LogP contribution is 2.23. The first-order valence-electron chi connectivity index (χ1n) is 5.16. The van der Waals surface area contributed by atoms with Crippen molar-refractivity contribution in [3.63, 3.8) is 0 Å². The van der Waals surface area contributed by atoms with Crippen LogP contribution in [-0.4, -0.2) is 0 Å². The molecule has 2 atom stereocenters. The lowest BCUT2D eigenvalue weighted by atomic mass is 9.92. The summed E-state index contributed by atoms with van der Waals surface area (Å²) in [6, 6.07) is 8.66. The highest BCUT2D eigenvalue weighted by Gasteiger charge is 2.13. The molecule has 1 nitrogen and oxygen atoms in total. The van der Waals surface area contributed by atoms with Crippen molar-refractivity contribution in [2.45, 2.75) is 32.7 Å². The van der Waals surface area contributed by atoms with E-state index in [9.17, 15) is 0 Å². The molecule has 78 valence electrons. The monoisotopic (exact) mass is 303 g/mol. The summed E-state index contributed by atoms with van der Waals surface area (Å²) in [4.78, 5) is 0. The minimum atomic E-state index is 0.185. The fourth-order valence-electron chi connectivity index (χ4n) is 1.68. The van der Waals surface area contributed by atoms with Crippen molar-refractivity contribution < 1.29 is 0 Å². The number of rotatable bonds is 4. The van der Waals surface area contributed by atoms with Crippen molar-refractivity contribution in [1.29, 1.82) is 0 Å². The van der Waals surface area contributed by atoms with Gasteiger partial charge in [0.25, 0.3) is 0 Å². The van der Waals surface area contributed by atoms with Crippen LogP contribution in [0.1, 0.15) is 38.3 Å². The summed E-state index contributed by atoms with van der Waals surface area (Å²) in [6.07, 6.45) is 2.41. The zero-order valence-electron chi connectivity index (χ0n) is 8.83.